The van der Waals surface area contributed by atoms with Gasteiger partial charge in [-0.3, -0.25) is 4.79 Å². The fourth-order valence-electron chi connectivity index (χ4n) is 2.74. The molecule has 3 aliphatic carbocycles. The fourth-order valence-corrected chi connectivity index (χ4v) is 2.74. The van der Waals surface area contributed by atoms with Gasteiger partial charge in [0, 0.05) is 0 Å². The third-order valence-electron chi connectivity index (χ3n) is 3.84. The van der Waals surface area contributed by atoms with Gasteiger partial charge >= 0.3 is 5.97 Å². The van der Waals surface area contributed by atoms with Gasteiger partial charge in [0.25, 0.3) is 0 Å². The third-order valence-corrected chi connectivity index (χ3v) is 3.84. The highest BCUT2D eigenvalue weighted by Crippen LogP contribution is 2.51. The molecule has 0 amide bonds. The van der Waals surface area contributed by atoms with Gasteiger partial charge in [0.1, 0.15) is 5.67 Å². The lowest BCUT2D eigenvalue weighted by atomic mass is 9.70. The molecule has 1 N–H and O–H groups in total. The van der Waals surface area contributed by atoms with E-state index >= 15 is 0 Å². The van der Waals surface area contributed by atoms with Crippen molar-refractivity contribution in [1.82, 2.24) is 0 Å². The first-order chi connectivity index (χ1) is 6.06. The third kappa shape index (κ3) is 1.34. The van der Waals surface area contributed by atoms with Crippen LogP contribution < -0.4 is 0 Å². The SMILES string of the molecule is O=C(O)C12CCCC(F)(CC1)CC2. The van der Waals surface area contributed by atoms with Crippen molar-refractivity contribution in [3.63, 3.8) is 0 Å². The van der Waals surface area contributed by atoms with Crippen LogP contribution in [0.3, 0.4) is 0 Å². The molecule has 0 spiro atoms. The summed E-state index contributed by atoms with van der Waals surface area (Å²) in [6.45, 7) is 0. The number of carboxylic acids is 1. The van der Waals surface area contributed by atoms with Crippen LogP contribution in [-0.2, 0) is 4.79 Å². The molecule has 0 aliphatic heterocycles. The number of hydrogen-bond acceptors (Lipinski definition) is 1. The van der Waals surface area contributed by atoms with Gasteiger partial charge in [-0.15, -0.1) is 0 Å². The van der Waals surface area contributed by atoms with Gasteiger partial charge in [-0.2, -0.15) is 0 Å². The molecule has 0 aromatic heterocycles. The summed E-state index contributed by atoms with van der Waals surface area (Å²) in [5, 5.41) is 9.10. The van der Waals surface area contributed by atoms with E-state index in [0.717, 1.165) is 6.42 Å². The van der Waals surface area contributed by atoms with Crippen molar-refractivity contribution in [1.29, 1.82) is 0 Å². The number of hydrogen-bond donors (Lipinski definition) is 1. The van der Waals surface area contributed by atoms with Gasteiger partial charge in [-0.25, -0.2) is 4.39 Å². The first-order valence-electron chi connectivity index (χ1n) is 4.99. The molecule has 13 heavy (non-hydrogen) atoms. The Labute approximate surface area is 77.1 Å². The highest BCUT2D eigenvalue weighted by Gasteiger charge is 2.49. The van der Waals surface area contributed by atoms with E-state index in [9.17, 15) is 9.18 Å². The molecular weight excluding hydrogens is 171 g/mol. The molecule has 0 aromatic rings. The van der Waals surface area contributed by atoms with E-state index in [4.69, 9.17) is 5.11 Å². The Hall–Kier alpha value is -0.600. The number of rotatable bonds is 1. The number of carbonyl (C=O) groups is 1. The first kappa shape index (κ1) is 8.97. The monoisotopic (exact) mass is 186 g/mol. The van der Waals surface area contributed by atoms with E-state index in [-0.39, 0.29) is 0 Å². The lowest BCUT2D eigenvalue weighted by Gasteiger charge is -2.35. The maximum Gasteiger partial charge on any atom is 0.309 e. The lowest BCUT2D eigenvalue weighted by Crippen LogP contribution is -2.37. The Bertz CT molecular complexity index is 229. The molecule has 0 atom stereocenters. The molecule has 2 bridgehead atoms. The van der Waals surface area contributed by atoms with Crippen LogP contribution in [0.4, 0.5) is 4.39 Å². The summed E-state index contributed by atoms with van der Waals surface area (Å²) >= 11 is 0. The van der Waals surface area contributed by atoms with Gasteiger partial charge < -0.3 is 5.11 Å². The average Bonchev–Trinajstić information content (AvgIpc) is 2.34. The minimum absolute atomic E-state index is 0.458. The van der Waals surface area contributed by atoms with Crippen molar-refractivity contribution in [2.24, 2.45) is 5.41 Å². The zero-order valence-corrected chi connectivity index (χ0v) is 7.68. The number of fused-ring (bicyclic) bond motifs is 4. The summed E-state index contributed by atoms with van der Waals surface area (Å²) < 4.78 is 13.8. The summed E-state index contributed by atoms with van der Waals surface area (Å²) in [6.07, 6.45) is 3.98. The van der Waals surface area contributed by atoms with Crippen LogP contribution in [0.5, 0.6) is 0 Å². The Balaban J connectivity index is 2.23. The summed E-state index contributed by atoms with van der Waals surface area (Å²) in [7, 11) is 0. The van der Waals surface area contributed by atoms with Gasteiger partial charge in [0.05, 0.1) is 5.41 Å². The summed E-state index contributed by atoms with van der Waals surface area (Å²) in [6, 6.07) is 0. The number of halogens is 1. The molecule has 0 heterocycles. The number of alkyl halides is 1. The maximum atomic E-state index is 13.8. The first-order valence-corrected chi connectivity index (χ1v) is 4.99. The van der Waals surface area contributed by atoms with E-state index < -0.39 is 17.1 Å². The standard InChI is InChI=1S/C10H15FO2/c11-10-3-1-2-9(4-6-10,5-7-10)8(12)13/h1-7H2,(H,12,13). The van der Waals surface area contributed by atoms with E-state index in [2.05, 4.69) is 0 Å². The second-order valence-electron chi connectivity index (χ2n) is 4.59. The van der Waals surface area contributed by atoms with Crippen molar-refractivity contribution >= 4 is 5.97 Å². The van der Waals surface area contributed by atoms with Crippen LogP contribution in [0.2, 0.25) is 0 Å². The Morgan fingerprint density at radius 2 is 1.69 bits per heavy atom. The predicted octanol–water partition coefficient (Wildman–Crippen LogP) is 2.52. The molecule has 0 aromatic carbocycles. The molecule has 3 aliphatic rings. The topological polar surface area (TPSA) is 37.3 Å². The van der Waals surface area contributed by atoms with Crippen molar-refractivity contribution in [3.8, 4) is 0 Å². The Morgan fingerprint density at radius 3 is 2.23 bits per heavy atom. The molecular formula is C10H15FO2. The van der Waals surface area contributed by atoms with Crippen LogP contribution in [0.1, 0.15) is 44.9 Å². The zero-order chi connectivity index (χ0) is 9.53. The molecule has 3 saturated carbocycles. The fraction of sp³-hybridized carbons (Fsp3) is 0.900. The summed E-state index contributed by atoms with van der Waals surface area (Å²) in [4.78, 5) is 11.1. The average molecular weight is 186 g/mol. The van der Waals surface area contributed by atoms with Gasteiger partial charge in [-0.05, 0) is 44.9 Å². The molecule has 0 saturated heterocycles. The van der Waals surface area contributed by atoms with Crippen LogP contribution in [0.25, 0.3) is 0 Å². The maximum absolute atomic E-state index is 13.8. The highest BCUT2D eigenvalue weighted by atomic mass is 19.1. The van der Waals surface area contributed by atoms with Crippen molar-refractivity contribution < 1.29 is 14.3 Å². The normalized spacial score (nSPS) is 44.4. The molecule has 74 valence electrons. The van der Waals surface area contributed by atoms with Crippen LogP contribution in [0, 0.1) is 5.41 Å². The van der Waals surface area contributed by atoms with Crippen LogP contribution >= 0.6 is 0 Å². The molecule has 0 radical (unpaired) electrons. The minimum atomic E-state index is -1.03. The molecule has 2 nitrogen and oxygen atoms in total. The Kier molecular flexibility index (Phi) is 1.86. The molecule has 3 fully saturated rings. The van der Waals surface area contributed by atoms with E-state index in [0.29, 0.717) is 38.5 Å². The smallest absolute Gasteiger partial charge is 0.309 e. The van der Waals surface area contributed by atoms with Crippen molar-refractivity contribution in [2.75, 3.05) is 0 Å². The van der Waals surface area contributed by atoms with Crippen molar-refractivity contribution in [2.45, 2.75) is 50.6 Å². The van der Waals surface area contributed by atoms with Crippen molar-refractivity contribution in [3.05, 3.63) is 0 Å². The predicted molar refractivity (Wildman–Crippen MR) is 46.2 cm³/mol. The van der Waals surface area contributed by atoms with E-state index in [1.54, 1.807) is 0 Å². The number of carboxylic acid groups (broad SMARTS) is 1. The number of aliphatic carboxylic acids is 1. The quantitative estimate of drug-likeness (QED) is 0.683. The lowest BCUT2D eigenvalue weighted by molar-refractivity contribution is -0.152. The highest BCUT2D eigenvalue weighted by molar-refractivity contribution is 5.74. The van der Waals surface area contributed by atoms with Crippen LogP contribution in [0.15, 0.2) is 0 Å². The van der Waals surface area contributed by atoms with Gasteiger partial charge in [0.15, 0.2) is 0 Å². The van der Waals surface area contributed by atoms with Crippen LogP contribution in [-0.4, -0.2) is 16.7 Å². The Morgan fingerprint density at radius 1 is 1.08 bits per heavy atom. The van der Waals surface area contributed by atoms with Gasteiger partial charge in [0.2, 0.25) is 0 Å². The minimum Gasteiger partial charge on any atom is -0.481 e. The second-order valence-corrected chi connectivity index (χ2v) is 4.59. The molecule has 3 heteroatoms. The summed E-state index contributed by atoms with van der Waals surface area (Å²) in [5.41, 5.74) is -1.61. The molecule has 3 rings (SSSR count). The van der Waals surface area contributed by atoms with E-state index in [1.165, 1.54) is 0 Å². The van der Waals surface area contributed by atoms with E-state index in [1.807, 2.05) is 0 Å². The van der Waals surface area contributed by atoms with Gasteiger partial charge in [-0.1, -0.05) is 0 Å². The molecule has 0 unspecified atom stereocenters. The zero-order valence-electron chi connectivity index (χ0n) is 7.68. The summed E-state index contributed by atoms with van der Waals surface area (Å²) in [5.74, 6) is -0.712. The second kappa shape index (κ2) is 2.69. The largest absolute Gasteiger partial charge is 0.481 e.